The van der Waals surface area contributed by atoms with Gasteiger partial charge >= 0.3 is 47.8 Å². The van der Waals surface area contributed by atoms with E-state index in [1.54, 1.807) is 39.5 Å². The fourth-order valence-electron chi connectivity index (χ4n) is 15.7. The molecule has 99 heavy (non-hydrogen) atoms. The Hall–Kier alpha value is -3.97. The average molecular weight is 1430 g/mol. The van der Waals surface area contributed by atoms with Crippen molar-refractivity contribution in [2.24, 2.45) is 80.3 Å². The van der Waals surface area contributed by atoms with Gasteiger partial charge in [0.1, 0.15) is 23.4 Å². The van der Waals surface area contributed by atoms with Crippen LogP contribution in [0, 0.1) is 80.3 Å². The summed E-state index contributed by atoms with van der Waals surface area (Å²) in [6.45, 7) is 31.6. The fourth-order valence-corrected chi connectivity index (χ4v) is 16.4. The summed E-state index contributed by atoms with van der Waals surface area (Å²) in [6, 6.07) is 0. The van der Waals surface area contributed by atoms with E-state index < -0.39 is 51.3 Å². The number of hydrogen-bond donors (Lipinski definition) is 1. The summed E-state index contributed by atoms with van der Waals surface area (Å²) < 4.78 is 48.4. The minimum absolute atomic E-state index is 0. The Morgan fingerprint density at radius 2 is 0.980 bits per heavy atom. The third kappa shape index (κ3) is 23.8. The lowest BCUT2D eigenvalue weighted by Gasteiger charge is -2.60. The first-order valence-electron chi connectivity index (χ1n) is 34.1. The maximum Gasteiger partial charge on any atom is 0.347 e. The van der Waals surface area contributed by atoms with Crippen molar-refractivity contribution in [1.29, 1.82) is 0 Å². The van der Waals surface area contributed by atoms with Crippen LogP contribution >= 0.6 is 11.8 Å². The van der Waals surface area contributed by atoms with E-state index in [1.807, 2.05) is 69.2 Å². The molecule has 0 amide bonds. The summed E-state index contributed by atoms with van der Waals surface area (Å²) in [4.78, 5) is 94.7. The molecule has 0 aromatic carbocycles. The van der Waals surface area contributed by atoms with Gasteiger partial charge in [0.25, 0.3) is 0 Å². The molecule has 1 N–H and O–H groups in total. The monoisotopic (exact) mass is 1430 g/mol. The number of carbonyl (C=O) groups excluding carboxylic acids is 8. The summed E-state index contributed by atoms with van der Waals surface area (Å²) in [5.74, 6) is 4.27. The molecule has 10 saturated carbocycles. The molecule has 0 spiro atoms. The predicted molar refractivity (Wildman–Crippen MR) is 401 cm³/mol. The second-order valence-electron chi connectivity index (χ2n) is 31.5. The van der Waals surface area contributed by atoms with Crippen LogP contribution < -0.4 is 0 Å². The van der Waals surface area contributed by atoms with E-state index in [-0.39, 0.29) is 164 Å². The number of thioether (sulfide) groups is 1. The summed E-state index contributed by atoms with van der Waals surface area (Å²) >= 11 is 1.76. The summed E-state index contributed by atoms with van der Waals surface area (Å²) in [5, 5.41) is 10.6. The number of ether oxygens (including phenoxy) is 9. The lowest BCUT2D eigenvalue weighted by atomic mass is 9.49. The molecule has 13 aliphatic rings. The van der Waals surface area contributed by atoms with Gasteiger partial charge in [0.15, 0.2) is 6.61 Å². The number of cyclic esters (lactones) is 1. The number of esters is 8. The fraction of sp³-hybridized carbons (Fsp3) is 0.900. The number of carbonyl (C=O) groups is 8. The lowest BCUT2D eigenvalue weighted by molar-refractivity contribution is -0.225. The zero-order chi connectivity index (χ0) is 65.9. The van der Waals surface area contributed by atoms with Crippen LogP contribution in [0.4, 0.5) is 0 Å². The lowest BCUT2D eigenvalue weighted by Crippen LogP contribution is -2.61. The first-order chi connectivity index (χ1) is 41.5. The van der Waals surface area contributed by atoms with E-state index >= 15 is 0 Å². The highest BCUT2D eigenvalue weighted by molar-refractivity contribution is 7.99. The Morgan fingerprint density at radius 3 is 1.41 bits per heavy atom. The Morgan fingerprint density at radius 1 is 0.525 bits per heavy atom. The van der Waals surface area contributed by atoms with E-state index in [0.717, 1.165) is 87.5 Å². The van der Waals surface area contributed by atoms with Gasteiger partial charge in [-0.15, -0.1) is 0 Å². The van der Waals surface area contributed by atoms with Crippen LogP contribution in [0.3, 0.4) is 0 Å². The molecule has 586 valence electrons. The van der Waals surface area contributed by atoms with E-state index in [1.165, 1.54) is 38.5 Å². The molecule has 3 aliphatic heterocycles. The van der Waals surface area contributed by atoms with E-state index in [9.17, 15) is 43.5 Å². The molecule has 18 nitrogen and oxygen atoms in total. The maximum atomic E-state index is 12.6. The molecule has 0 aromatic rings. The minimum atomic E-state index is -0.687. The van der Waals surface area contributed by atoms with Crippen LogP contribution in [-0.4, -0.2) is 126 Å². The Kier molecular flexibility index (Phi) is 41.3. The molecule has 10 bridgehead atoms. The quantitative estimate of drug-likeness (QED) is 0.0991. The summed E-state index contributed by atoms with van der Waals surface area (Å²) in [5.41, 5.74) is -3.32. The first-order valence-corrected chi connectivity index (χ1v) is 35.2. The molecule has 3 saturated heterocycles. The molecule has 0 aromatic heterocycles. The van der Waals surface area contributed by atoms with Gasteiger partial charge in [-0.2, -0.15) is 11.8 Å². The van der Waals surface area contributed by atoms with Crippen LogP contribution in [0.25, 0.3) is 0 Å². The highest BCUT2D eigenvalue weighted by atomic mass is 32.2. The standard InChI is InChI=1S/C18H30O2.C16H22O6.C16H26O3.C10H16O4.C10H18O3S.10CH4/c1-5-17(3,4)16(19)20-18(6-2)14-8-12-7-13(10-14)11-15(18)9-12;1-4-16(2,3)15(19)20-7-11(17)21-12-8-5-9-10(6-8)14(18)22-13(9)12;1-4-14(2,3)13(17)19-16-8-11-5-12(9-16)7-15(18,6-11)10-16;1-4-10(2,3)9(12)14-7-5-6-13-8(7)11;1-4-10(2,3)9(11)13-8-7-14-6-5-12-8;;;;;;;;;;/h12-15H,5-11H2,1-4H3;8-10,12-13H,4-7H2,1-3H3;11-12,18H,4-10H2,1-3H3;7H,4-6H2,1-3H3;8H,4-7H2,1-3H3;10*1H4. The number of fused-ring (bicyclic) bond motifs is 1. The molecule has 3 heterocycles. The summed E-state index contributed by atoms with van der Waals surface area (Å²) in [7, 11) is 0. The minimum Gasteiger partial charge on any atom is -0.463 e. The van der Waals surface area contributed by atoms with Crippen molar-refractivity contribution in [2.75, 3.05) is 31.3 Å². The Labute approximate surface area is 609 Å². The van der Waals surface area contributed by atoms with Crippen LogP contribution in [0.1, 0.15) is 313 Å². The van der Waals surface area contributed by atoms with Gasteiger partial charge in [0, 0.05) is 30.4 Å². The molecular formula is C80H152O18S. The van der Waals surface area contributed by atoms with Gasteiger partial charge < -0.3 is 47.7 Å². The highest BCUT2D eigenvalue weighted by Gasteiger charge is 2.64. The van der Waals surface area contributed by atoms with Crippen molar-refractivity contribution in [3.63, 3.8) is 0 Å². The number of aliphatic hydroxyl groups is 1. The van der Waals surface area contributed by atoms with Crippen LogP contribution in [0.15, 0.2) is 0 Å². The van der Waals surface area contributed by atoms with Gasteiger partial charge in [-0.1, -0.05) is 116 Å². The maximum absolute atomic E-state index is 12.6. The molecule has 9 atom stereocenters. The van der Waals surface area contributed by atoms with Gasteiger partial charge in [-0.05, 0) is 220 Å². The van der Waals surface area contributed by atoms with Crippen molar-refractivity contribution in [2.45, 2.75) is 355 Å². The second-order valence-corrected chi connectivity index (χ2v) is 32.7. The van der Waals surface area contributed by atoms with Crippen molar-refractivity contribution in [3.8, 4) is 0 Å². The van der Waals surface area contributed by atoms with E-state index in [2.05, 4.69) is 13.8 Å². The number of rotatable bonds is 18. The highest BCUT2D eigenvalue weighted by Crippen LogP contribution is 2.62. The third-order valence-electron chi connectivity index (χ3n) is 23.0. The van der Waals surface area contributed by atoms with Crippen molar-refractivity contribution in [1.82, 2.24) is 0 Å². The van der Waals surface area contributed by atoms with Crippen LogP contribution in [0.2, 0.25) is 0 Å². The molecule has 10 aliphatic carbocycles. The zero-order valence-corrected chi connectivity index (χ0v) is 57.8. The SMILES string of the molecule is C.C.C.C.C.C.C.C.C.C.CCC(C)(C)C(=O)OC1(CC)C2CC3CC(C2)CC1C3.CCC(C)(C)C(=O)OC12CC3CC(CC(O)(C3)C1)C2.CCC(C)(C)C(=O)OC1CCOC1=O.CCC(C)(C)C(=O)OC1CSCCO1.CCC(C)(C)C(=O)OCC(=O)OC1C2CC3C(=O)OC1C3C2. The second kappa shape index (κ2) is 40.3. The van der Waals surface area contributed by atoms with Gasteiger partial charge in [-0.3, -0.25) is 28.8 Å². The Bertz CT molecular complexity index is 2490. The zero-order valence-electron chi connectivity index (χ0n) is 57.0. The topological polar surface area (TPSA) is 240 Å². The molecular weight excluding hydrogens is 1280 g/mol. The predicted octanol–water partition coefficient (Wildman–Crippen LogP) is 18.8. The smallest absolute Gasteiger partial charge is 0.347 e. The number of hydrogen-bond acceptors (Lipinski definition) is 19. The molecule has 13 fully saturated rings. The van der Waals surface area contributed by atoms with Crippen molar-refractivity contribution >= 4 is 59.5 Å². The molecule has 9 unspecified atom stereocenters. The molecule has 19 heteroatoms. The van der Waals surface area contributed by atoms with Gasteiger partial charge in [0.05, 0.1) is 57.6 Å². The van der Waals surface area contributed by atoms with E-state index in [4.69, 9.17) is 42.6 Å². The normalized spacial score (nSPS) is 31.4. The third-order valence-corrected chi connectivity index (χ3v) is 23.9. The van der Waals surface area contributed by atoms with E-state index in [0.29, 0.717) is 62.6 Å². The van der Waals surface area contributed by atoms with Crippen LogP contribution in [-0.2, 0) is 81.0 Å². The Balaban J connectivity index is -0.000000561. The molecule has 13 rings (SSSR count). The average Bonchev–Trinajstić information content (AvgIpc) is 0.957. The first kappa shape index (κ1) is 101. The summed E-state index contributed by atoms with van der Waals surface area (Å²) in [6.07, 6.45) is 17.5. The molecule has 0 radical (unpaired) electrons. The van der Waals surface area contributed by atoms with Crippen molar-refractivity contribution in [3.05, 3.63) is 0 Å². The largest absolute Gasteiger partial charge is 0.463 e. The van der Waals surface area contributed by atoms with Crippen molar-refractivity contribution < 1.29 is 86.1 Å². The van der Waals surface area contributed by atoms with Gasteiger partial charge in [-0.25, -0.2) is 9.59 Å². The van der Waals surface area contributed by atoms with Crippen LogP contribution in [0.5, 0.6) is 0 Å². The van der Waals surface area contributed by atoms with Gasteiger partial charge in [0.2, 0.25) is 12.4 Å².